The molecular formula is C21H21BrN2O3. The van der Waals surface area contributed by atoms with E-state index in [1.54, 1.807) is 0 Å². The van der Waals surface area contributed by atoms with Crippen LogP contribution in [-0.4, -0.2) is 29.2 Å². The molecule has 140 valence electrons. The Kier molecular flexibility index (Phi) is 3.83. The van der Waals surface area contributed by atoms with E-state index in [4.69, 9.17) is 0 Å². The van der Waals surface area contributed by atoms with Gasteiger partial charge in [-0.2, -0.15) is 0 Å². The third-order valence-corrected chi connectivity index (χ3v) is 7.27. The van der Waals surface area contributed by atoms with Crippen LogP contribution >= 0.6 is 15.9 Å². The molecule has 3 amide bonds. The Morgan fingerprint density at radius 2 is 1.78 bits per heavy atom. The van der Waals surface area contributed by atoms with Crippen LogP contribution in [0.5, 0.6) is 0 Å². The third-order valence-electron chi connectivity index (χ3n) is 6.78. The van der Waals surface area contributed by atoms with Gasteiger partial charge in [-0.25, -0.2) is 0 Å². The molecule has 6 atom stereocenters. The van der Waals surface area contributed by atoms with Gasteiger partial charge in [-0.15, -0.1) is 0 Å². The van der Waals surface area contributed by atoms with Crippen LogP contribution in [0.25, 0.3) is 0 Å². The van der Waals surface area contributed by atoms with Gasteiger partial charge in [0.15, 0.2) is 0 Å². The second-order valence-corrected chi connectivity index (χ2v) is 9.16. The number of carbonyl (C=O) groups excluding carboxylic acids is 3. The van der Waals surface area contributed by atoms with Gasteiger partial charge in [-0.3, -0.25) is 19.3 Å². The molecule has 1 aromatic carbocycles. The maximum Gasteiger partial charge on any atom is 0.233 e. The van der Waals surface area contributed by atoms with Crippen LogP contribution in [0.1, 0.15) is 18.4 Å². The number of hydrogen-bond donors (Lipinski definition) is 1. The predicted octanol–water partition coefficient (Wildman–Crippen LogP) is 3.14. The number of imide groups is 1. The van der Waals surface area contributed by atoms with E-state index in [1.807, 2.05) is 25.1 Å². The predicted molar refractivity (Wildman–Crippen MR) is 104 cm³/mol. The minimum atomic E-state index is -0.187. The number of amides is 3. The molecule has 1 heterocycles. The Hall–Kier alpha value is -1.95. The van der Waals surface area contributed by atoms with Gasteiger partial charge < -0.3 is 5.32 Å². The summed E-state index contributed by atoms with van der Waals surface area (Å²) in [7, 11) is 0. The minimum absolute atomic E-state index is 0.0673. The smallest absolute Gasteiger partial charge is 0.233 e. The summed E-state index contributed by atoms with van der Waals surface area (Å²) in [6.07, 6.45) is 5.61. The Balaban J connectivity index is 1.25. The van der Waals surface area contributed by atoms with E-state index in [0.29, 0.717) is 11.8 Å². The van der Waals surface area contributed by atoms with Crippen molar-refractivity contribution < 1.29 is 14.4 Å². The lowest BCUT2D eigenvalue weighted by Gasteiger charge is -2.37. The van der Waals surface area contributed by atoms with Crippen LogP contribution in [0.2, 0.25) is 0 Å². The number of rotatable bonds is 4. The van der Waals surface area contributed by atoms with Crippen molar-refractivity contribution in [3.63, 3.8) is 0 Å². The summed E-state index contributed by atoms with van der Waals surface area (Å²) < 4.78 is 0.954. The zero-order valence-corrected chi connectivity index (χ0v) is 16.6. The number of allylic oxidation sites excluding steroid dienone is 2. The quantitative estimate of drug-likeness (QED) is 0.591. The number of carbonyl (C=O) groups is 3. The highest BCUT2D eigenvalue weighted by Crippen LogP contribution is 2.65. The highest BCUT2D eigenvalue weighted by molar-refractivity contribution is 9.10. The van der Waals surface area contributed by atoms with E-state index in [0.717, 1.165) is 22.1 Å². The molecule has 5 aliphatic rings. The van der Waals surface area contributed by atoms with Crippen molar-refractivity contribution in [3.8, 4) is 0 Å². The fourth-order valence-electron chi connectivity index (χ4n) is 5.43. The van der Waals surface area contributed by atoms with Gasteiger partial charge in [0.05, 0.1) is 11.8 Å². The lowest BCUT2D eigenvalue weighted by molar-refractivity contribution is -0.140. The van der Waals surface area contributed by atoms with Crippen LogP contribution < -0.4 is 5.32 Å². The fraction of sp³-hybridized carbons (Fsp3) is 0.476. The van der Waals surface area contributed by atoms with Gasteiger partial charge in [0.1, 0.15) is 0 Å². The lowest BCUT2D eigenvalue weighted by Crippen LogP contribution is -2.40. The molecule has 6 heteroatoms. The van der Waals surface area contributed by atoms with E-state index in [1.165, 1.54) is 4.90 Å². The Morgan fingerprint density at radius 3 is 2.37 bits per heavy atom. The molecule has 0 aromatic heterocycles. The molecule has 2 bridgehead atoms. The number of aryl methyl sites for hydroxylation is 1. The maximum atomic E-state index is 12.9. The molecule has 6 unspecified atom stereocenters. The summed E-state index contributed by atoms with van der Waals surface area (Å²) in [5.41, 5.74) is 1.71. The van der Waals surface area contributed by atoms with Crippen LogP contribution in [0, 0.1) is 42.4 Å². The summed E-state index contributed by atoms with van der Waals surface area (Å²) in [4.78, 5) is 39.5. The Labute approximate surface area is 166 Å². The second kappa shape index (κ2) is 6.03. The minimum Gasteiger partial charge on any atom is -0.326 e. The number of hydrogen-bond acceptors (Lipinski definition) is 3. The number of anilines is 1. The highest BCUT2D eigenvalue weighted by Gasteiger charge is 2.66. The van der Waals surface area contributed by atoms with Gasteiger partial charge in [0.2, 0.25) is 17.7 Å². The summed E-state index contributed by atoms with van der Waals surface area (Å²) >= 11 is 3.40. The average molecular weight is 429 g/mol. The van der Waals surface area contributed by atoms with E-state index >= 15 is 0 Å². The molecule has 0 radical (unpaired) electrons. The van der Waals surface area contributed by atoms with E-state index in [9.17, 15) is 14.4 Å². The van der Waals surface area contributed by atoms with Crippen LogP contribution in [0.3, 0.4) is 0 Å². The molecule has 1 aliphatic heterocycles. The number of likely N-dealkylation sites (tertiary alicyclic amines) is 1. The van der Waals surface area contributed by atoms with Crippen LogP contribution in [0.4, 0.5) is 5.69 Å². The van der Waals surface area contributed by atoms with E-state index < -0.39 is 0 Å². The first-order valence-corrected chi connectivity index (χ1v) is 10.3. The SMILES string of the molecule is Cc1cc(Br)ccc1NC(=O)CCN1C(=O)C2C3C=CC(C4CC34)C2C1=O. The number of nitrogens with one attached hydrogen (secondary N) is 1. The molecule has 6 rings (SSSR count). The van der Waals surface area contributed by atoms with E-state index in [2.05, 4.69) is 33.4 Å². The van der Waals surface area contributed by atoms with Crippen molar-refractivity contribution in [2.45, 2.75) is 19.8 Å². The van der Waals surface area contributed by atoms with Gasteiger partial charge in [0, 0.05) is 23.1 Å². The zero-order chi connectivity index (χ0) is 18.9. The molecule has 4 aliphatic carbocycles. The number of halogens is 1. The molecule has 0 spiro atoms. The Morgan fingerprint density at radius 1 is 1.15 bits per heavy atom. The van der Waals surface area contributed by atoms with Gasteiger partial charge in [-0.05, 0) is 60.8 Å². The maximum absolute atomic E-state index is 12.9. The average Bonchev–Trinajstić information content (AvgIpc) is 3.41. The Bertz CT molecular complexity index is 859. The molecule has 3 fully saturated rings. The molecular weight excluding hydrogens is 408 g/mol. The molecule has 2 saturated carbocycles. The second-order valence-electron chi connectivity index (χ2n) is 8.24. The summed E-state index contributed by atoms with van der Waals surface area (Å²) in [6.45, 7) is 2.09. The summed E-state index contributed by atoms with van der Waals surface area (Å²) in [5.74, 6) is 0.963. The largest absolute Gasteiger partial charge is 0.326 e. The zero-order valence-electron chi connectivity index (χ0n) is 15.0. The standard InChI is InChI=1S/C21H21BrN2O3/c1-10-8-11(22)2-5-16(10)23-17(25)6-7-24-20(26)18-12-3-4-13(15-9-14(12)15)19(18)21(24)27/h2-5,8,12-15,18-19H,6-7,9H2,1H3,(H,23,25). The van der Waals surface area contributed by atoms with Crippen LogP contribution in [0.15, 0.2) is 34.8 Å². The number of nitrogens with zero attached hydrogens (tertiary/aromatic N) is 1. The summed E-state index contributed by atoms with van der Waals surface area (Å²) in [5, 5.41) is 2.88. The molecule has 1 saturated heterocycles. The fourth-order valence-corrected chi connectivity index (χ4v) is 5.91. The van der Waals surface area contributed by atoms with Crippen molar-refractivity contribution in [3.05, 3.63) is 40.4 Å². The van der Waals surface area contributed by atoms with Gasteiger partial charge in [0.25, 0.3) is 0 Å². The number of benzene rings is 1. The molecule has 1 aromatic rings. The molecule has 27 heavy (non-hydrogen) atoms. The van der Waals surface area contributed by atoms with Crippen molar-refractivity contribution >= 4 is 39.3 Å². The first-order chi connectivity index (χ1) is 13.0. The summed E-state index contributed by atoms with van der Waals surface area (Å²) in [6, 6.07) is 5.64. The first-order valence-electron chi connectivity index (χ1n) is 9.55. The van der Waals surface area contributed by atoms with Gasteiger partial charge in [-0.1, -0.05) is 28.1 Å². The lowest BCUT2D eigenvalue weighted by atomic mass is 9.63. The normalized spacial score (nSPS) is 35.3. The van der Waals surface area contributed by atoms with Crippen LogP contribution in [-0.2, 0) is 14.4 Å². The molecule has 1 N–H and O–H groups in total. The topological polar surface area (TPSA) is 66.5 Å². The van der Waals surface area contributed by atoms with Crippen molar-refractivity contribution in [2.75, 3.05) is 11.9 Å². The van der Waals surface area contributed by atoms with Crippen molar-refractivity contribution in [2.24, 2.45) is 35.5 Å². The van der Waals surface area contributed by atoms with Crippen molar-refractivity contribution in [1.82, 2.24) is 4.90 Å². The molecule has 5 nitrogen and oxygen atoms in total. The van der Waals surface area contributed by atoms with E-state index in [-0.39, 0.29) is 54.4 Å². The monoisotopic (exact) mass is 428 g/mol. The van der Waals surface area contributed by atoms with Crippen molar-refractivity contribution in [1.29, 1.82) is 0 Å². The van der Waals surface area contributed by atoms with Gasteiger partial charge >= 0.3 is 0 Å². The third kappa shape index (κ3) is 2.60. The highest BCUT2D eigenvalue weighted by atomic mass is 79.9. The first kappa shape index (κ1) is 17.2.